The van der Waals surface area contributed by atoms with Gasteiger partial charge < -0.3 is 9.80 Å². The molecule has 116 valence electrons. The van der Waals surface area contributed by atoms with Crippen LogP contribution in [0.3, 0.4) is 0 Å². The van der Waals surface area contributed by atoms with Gasteiger partial charge in [0.25, 0.3) is 10.0 Å². The molecule has 3 heterocycles. The summed E-state index contributed by atoms with van der Waals surface area (Å²) in [6.45, 7) is 3.62. The number of sulfonamides is 1. The fourth-order valence-corrected chi connectivity index (χ4v) is 5.69. The molecule has 0 saturated heterocycles. The molecule has 0 saturated carbocycles. The van der Waals surface area contributed by atoms with Crippen molar-refractivity contribution < 1.29 is 13.3 Å². The molecular weight excluding hydrogens is 318 g/mol. The fourth-order valence-electron chi connectivity index (χ4n) is 3.22. The highest BCUT2D eigenvalue weighted by Gasteiger charge is 2.38. The molecule has 0 spiro atoms. The minimum atomic E-state index is -3.25. The fraction of sp³-hybridized carbons (Fsp3) is 0.400. The van der Waals surface area contributed by atoms with E-state index in [9.17, 15) is 8.42 Å². The zero-order chi connectivity index (χ0) is 15.2. The van der Waals surface area contributed by atoms with E-state index in [1.54, 1.807) is 11.8 Å². The molecule has 1 aromatic carbocycles. The summed E-state index contributed by atoms with van der Waals surface area (Å²) < 4.78 is 27.2. The SMILES string of the molecule is O=S1(=O)CCN2C(=N1)SC1=C2CC[NH+](Cc2ccccc2)C1. The molecule has 1 aromatic rings. The van der Waals surface area contributed by atoms with Gasteiger partial charge in [-0.2, -0.15) is 0 Å². The van der Waals surface area contributed by atoms with Crippen molar-refractivity contribution in [3.8, 4) is 0 Å². The summed E-state index contributed by atoms with van der Waals surface area (Å²) in [6, 6.07) is 10.5. The Hall–Kier alpha value is -1.31. The highest BCUT2D eigenvalue weighted by Crippen LogP contribution is 2.38. The maximum atomic E-state index is 11.7. The lowest BCUT2D eigenvalue weighted by Crippen LogP contribution is -3.11. The number of nitrogens with one attached hydrogen (secondary N) is 1. The minimum absolute atomic E-state index is 0.133. The molecular formula is C15H18N3O2S2+. The zero-order valence-electron chi connectivity index (χ0n) is 12.2. The van der Waals surface area contributed by atoms with Gasteiger partial charge in [-0.25, -0.2) is 8.42 Å². The summed E-state index contributed by atoms with van der Waals surface area (Å²) in [5.74, 6) is 0.133. The smallest absolute Gasteiger partial charge is 0.257 e. The Morgan fingerprint density at radius 2 is 2.09 bits per heavy atom. The molecule has 0 aliphatic carbocycles. The number of nitrogens with zero attached hydrogens (tertiary/aromatic N) is 2. The number of amidine groups is 1. The number of fused-ring (bicyclic) bond motifs is 2. The minimum Gasteiger partial charge on any atom is -0.327 e. The van der Waals surface area contributed by atoms with Crippen LogP contribution in [0.15, 0.2) is 45.3 Å². The van der Waals surface area contributed by atoms with Crippen LogP contribution < -0.4 is 4.90 Å². The molecule has 0 fully saturated rings. The van der Waals surface area contributed by atoms with Crippen molar-refractivity contribution in [3.63, 3.8) is 0 Å². The predicted octanol–water partition coefficient (Wildman–Crippen LogP) is 0.435. The van der Waals surface area contributed by atoms with Gasteiger partial charge in [0.15, 0.2) is 5.17 Å². The van der Waals surface area contributed by atoms with Gasteiger partial charge in [0.05, 0.1) is 17.2 Å². The van der Waals surface area contributed by atoms with E-state index >= 15 is 0 Å². The van der Waals surface area contributed by atoms with Gasteiger partial charge in [0.2, 0.25) is 0 Å². The molecule has 0 radical (unpaired) electrons. The average molecular weight is 336 g/mol. The molecule has 4 rings (SSSR count). The van der Waals surface area contributed by atoms with Crippen LogP contribution in [-0.2, 0) is 16.6 Å². The third-order valence-electron chi connectivity index (χ3n) is 4.31. The standard InChI is InChI=1S/C15H17N3O2S2/c19-22(20)9-8-18-13-6-7-17(10-12-4-2-1-3-5-12)11-14(13)21-15(18)16-22/h1-5H,6-11H2/p+1. The predicted molar refractivity (Wildman–Crippen MR) is 88.0 cm³/mol. The van der Waals surface area contributed by atoms with Gasteiger partial charge in [0.1, 0.15) is 13.1 Å². The van der Waals surface area contributed by atoms with Crippen LogP contribution in [0.25, 0.3) is 0 Å². The second kappa shape index (κ2) is 5.40. The van der Waals surface area contributed by atoms with E-state index in [2.05, 4.69) is 33.6 Å². The Balaban J connectivity index is 1.51. The van der Waals surface area contributed by atoms with E-state index in [1.165, 1.54) is 21.1 Å². The molecule has 22 heavy (non-hydrogen) atoms. The molecule has 3 aliphatic heterocycles. The monoisotopic (exact) mass is 336 g/mol. The Labute approximate surface area is 134 Å². The Bertz CT molecular complexity index is 756. The van der Waals surface area contributed by atoms with Crippen LogP contribution in [0.2, 0.25) is 0 Å². The number of thioether (sulfide) groups is 1. The Morgan fingerprint density at radius 1 is 1.27 bits per heavy atom. The molecule has 0 bridgehead atoms. The van der Waals surface area contributed by atoms with Crippen LogP contribution >= 0.6 is 11.8 Å². The molecule has 7 heteroatoms. The second-order valence-corrected chi connectivity index (χ2v) is 8.69. The summed E-state index contributed by atoms with van der Waals surface area (Å²) >= 11 is 1.55. The Morgan fingerprint density at radius 3 is 2.91 bits per heavy atom. The molecule has 1 unspecified atom stereocenters. The van der Waals surface area contributed by atoms with E-state index in [0.717, 1.165) is 26.1 Å². The normalized spacial score (nSPS) is 26.5. The first kappa shape index (κ1) is 14.3. The topological polar surface area (TPSA) is 54.2 Å². The first-order chi connectivity index (χ1) is 10.6. The number of hydrogen-bond acceptors (Lipinski definition) is 4. The highest BCUT2D eigenvalue weighted by atomic mass is 32.2. The van der Waals surface area contributed by atoms with E-state index < -0.39 is 10.0 Å². The third kappa shape index (κ3) is 2.68. The largest absolute Gasteiger partial charge is 0.327 e. The molecule has 1 atom stereocenters. The van der Waals surface area contributed by atoms with Gasteiger partial charge in [-0.3, -0.25) is 0 Å². The first-order valence-corrected chi connectivity index (χ1v) is 9.91. The van der Waals surface area contributed by atoms with Gasteiger partial charge in [0, 0.05) is 24.2 Å². The summed E-state index contributed by atoms with van der Waals surface area (Å²) in [5, 5.41) is 0.664. The van der Waals surface area contributed by atoms with Crippen LogP contribution in [0, 0.1) is 0 Å². The number of quaternary nitrogens is 1. The van der Waals surface area contributed by atoms with Crippen LogP contribution in [0.1, 0.15) is 12.0 Å². The summed E-state index contributed by atoms with van der Waals surface area (Å²) in [4.78, 5) is 4.94. The van der Waals surface area contributed by atoms with Crippen LogP contribution in [0.4, 0.5) is 0 Å². The van der Waals surface area contributed by atoms with Crippen molar-refractivity contribution in [1.29, 1.82) is 0 Å². The highest BCUT2D eigenvalue weighted by molar-refractivity contribution is 8.18. The Kier molecular flexibility index (Phi) is 3.51. The first-order valence-electron chi connectivity index (χ1n) is 7.48. The maximum absolute atomic E-state index is 11.7. The van der Waals surface area contributed by atoms with Crippen LogP contribution in [-0.4, -0.2) is 43.9 Å². The summed E-state index contributed by atoms with van der Waals surface area (Å²) in [6.07, 6.45) is 1.00. The van der Waals surface area contributed by atoms with Crippen LogP contribution in [0.5, 0.6) is 0 Å². The van der Waals surface area contributed by atoms with E-state index in [1.807, 2.05) is 6.07 Å². The summed E-state index contributed by atoms with van der Waals surface area (Å²) in [7, 11) is -3.25. The average Bonchev–Trinajstić information content (AvgIpc) is 2.83. The van der Waals surface area contributed by atoms with Gasteiger partial charge >= 0.3 is 0 Å². The maximum Gasteiger partial charge on any atom is 0.257 e. The second-order valence-electron chi connectivity index (χ2n) is 5.87. The van der Waals surface area contributed by atoms with Crippen molar-refractivity contribution in [1.82, 2.24) is 4.90 Å². The van der Waals surface area contributed by atoms with Crippen molar-refractivity contribution in [3.05, 3.63) is 46.5 Å². The quantitative estimate of drug-likeness (QED) is 0.851. The number of benzene rings is 1. The molecule has 3 aliphatic rings. The molecule has 5 nitrogen and oxygen atoms in total. The molecule has 1 N–H and O–H groups in total. The van der Waals surface area contributed by atoms with E-state index in [4.69, 9.17) is 0 Å². The summed E-state index contributed by atoms with van der Waals surface area (Å²) in [5.41, 5.74) is 2.65. The van der Waals surface area contributed by atoms with E-state index in [-0.39, 0.29) is 5.75 Å². The van der Waals surface area contributed by atoms with Crippen molar-refractivity contribution in [2.24, 2.45) is 4.40 Å². The van der Waals surface area contributed by atoms with Gasteiger partial charge in [-0.05, 0) is 11.8 Å². The lowest BCUT2D eigenvalue weighted by molar-refractivity contribution is -0.910. The van der Waals surface area contributed by atoms with E-state index in [0.29, 0.717) is 11.7 Å². The van der Waals surface area contributed by atoms with Crippen molar-refractivity contribution in [2.75, 3.05) is 25.4 Å². The lowest BCUT2D eigenvalue weighted by Gasteiger charge is -2.28. The lowest BCUT2D eigenvalue weighted by atomic mass is 10.1. The number of hydrogen-bond donors (Lipinski definition) is 1. The van der Waals surface area contributed by atoms with Crippen molar-refractivity contribution >= 4 is 27.0 Å². The molecule has 0 aromatic heterocycles. The zero-order valence-corrected chi connectivity index (χ0v) is 13.8. The molecule has 0 amide bonds. The van der Waals surface area contributed by atoms with Gasteiger partial charge in [-0.1, -0.05) is 30.3 Å². The van der Waals surface area contributed by atoms with Crippen molar-refractivity contribution in [2.45, 2.75) is 13.0 Å². The van der Waals surface area contributed by atoms with Gasteiger partial charge in [-0.15, -0.1) is 4.40 Å². The third-order valence-corrected chi connectivity index (χ3v) is 6.69. The number of rotatable bonds is 2.